The van der Waals surface area contributed by atoms with E-state index in [9.17, 15) is 19.0 Å². The zero-order valence-corrected chi connectivity index (χ0v) is 36.4. The Bertz CT molecular complexity index is 1250. The second-order valence-corrected chi connectivity index (χ2v) is 15.3. The molecule has 0 fully saturated rings. The quantitative estimate of drug-likeness (QED) is 0.0269. The molecule has 0 saturated carbocycles. The maximum absolute atomic E-state index is 12.5. The summed E-state index contributed by atoms with van der Waals surface area (Å²) in [5.74, 6) is -0.953. The summed E-state index contributed by atoms with van der Waals surface area (Å²) < 4.78 is 32.6. The predicted octanol–water partition coefficient (Wildman–Crippen LogP) is 12.6. The molecular formula is C47H78NO8P. The Kier molecular flexibility index (Phi) is 40.2. The topological polar surface area (TPSA) is 134 Å². The van der Waals surface area contributed by atoms with E-state index in [0.29, 0.717) is 12.8 Å². The molecule has 0 rings (SSSR count). The van der Waals surface area contributed by atoms with Gasteiger partial charge in [0.15, 0.2) is 6.10 Å². The number of rotatable bonds is 39. The van der Waals surface area contributed by atoms with Crippen molar-refractivity contribution in [1.29, 1.82) is 0 Å². The summed E-state index contributed by atoms with van der Waals surface area (Å²) in [5.41, 5.74) is 5.34. The van der Waals surface area contributed by atoms with Gasteiger partial charge < -0.3 is 20.1 Å². The molecule has 9 nitrogen and oxygen atoms in total. The molecule has 0 aromatic heterocycles. The highest BCUT2D eigenvalue weighted by atomic mass is 31.2. The molecule has 1 unspecified atom stereocenters. The molecule has 0 radical (unpaired) electrons. The minimum Gasteiger partial charge on any atom is -0.462 e. The van der Waals surface area contributed by atoms with Crippen LogP contribution in [0.25, 0.3) is 0 Å². The molecule has 0 spiro atoms. The Hall–Kier alpha value is -3.07. The molecule has 0 amide bonds. The molecule has 2 atom stereocenters. The number of hydrogen-bond acceptors (Lipinski definition) is 8. The second-order valence-electron chi connectivity index (χ2n) is 13.8. The highest BCUT2D eigenvalue weighted by Gasteiger charge is 2.25. The summed E-state index contributed by atoms with van der Waals surface area (Å²) in [5, 5.41) is 0. The zero-order chi connectivity index (χ0) is 41.8. The lowest BCUT2D eigenvalue weighted by Gasteiger charge is -2.19. The van der Waals surface area contributed by atoms with Crippen LogP contribution in [0.15, 0.2) is 97.2 Å². The number of hydrogen-bond donors (Lipinski definition) is 2. The maximum atomic E-state index is 12.5. The molecule has 0 aliphatic carbocycles. The lowest BCUT2D eigenvalue weighted by Crippen LogP contribution is -2.29. The first-order valence-electron chi connectivity index (χ1n) is 21.7. The number of ether oxygens (including phenoxy) is 2. The Morgan fingerprint density at radius 1 is 0.544 bits per heavy atom. The second kappa shape index (κ2) is 42.5. The number of phosphoric ester groups is 1. The summed E-state index contributed by atoms with van der Waals surface area (Å²) in [6, 6.07) is 0. The van der Waals surface area contributed by atoms with E-state index in [-0.39, 0.29) is 32.6 Å². The van der Waals surface area contributed by atoms with Crippen LogP contribution >= 0.6 is 7.82 Å². The van der Waals surface area contributed by atoms with Gasteiger partial charge in [-0.2, -0.15) is 0 Å². The number of phosphoric acid groups is 1. The number of esters is 2. The van der Waals surface area contributed by atoms with Gasteiger partial charge in [-0.1, -0.05) is 150 Å². The van der Waals surface area contributed by atoms with Gasteiger partial charge in [0.25, 0.3) is 0 Å². The van der Waals surface area contributed by atoms with E-state index in [2.05, 4.69) is 105 Å². The summed E-state index contributed by atoms with van der Waals surface area (Å²) in [6.45, 7) is 3.48. The van der Waals surface area contributed by atoms with Crippen LogP contribution in [0, 0.1) is 0 Å². The SMILES string of the molecule is CC/C=C/C/C=C/C/C=C/C/C=C/CCCCC(=O)O[C@@H](COC(=O)CCC/C=C/C/C=C/C/C=C/C/C=C/CCCCCCCCC)COP(=O)(O)OCCN. The van der Waals surface area contributed by atoms with E-state index in [4.69, 9.17) is 24.3 Å². The van der Waals surface area contributed by atoms with Crippen LogP contribution in [0.5, 0.6) is 0 Å². The highest BCUT2D eigenvalue weighted by molar-refractivity contribution is 7.47. The van der Waals surface area contributed by atoms with Gasteiger partial charge in [0.2, 0.25) is 0 Å². The van der Waals surface area contributed by atoms with Crippen LogP contribution in [-0.2, 0) is 32.7 Å². The molecule has 0 saturated heterocycles. The maximum Gasteiger partial charge on any atom is 0.472 e. The molecule has 3 N–H and O–H groups in total. The molecule has 0 aliphatic heterocycles. The first-order valence-corrected chi connectivity index (χ1v) is 23.2. The number of allylic oxidation sites excluding steroid dienone is 16. The Balaban J connectivity index is 4.32. The van der Waals surface area contributed by atoms with Gasteiger partial charge in [-0.15, -0.1) is 0 Å². The molecule has 10 heteroatoms. The van der Waals surface area contributed by atoms with Crippen molar-refractivity contribution in [3.8, 4) is 0 Å². The van der Waals surface area contributed by atoms with Gasteiger partial charge in [-0.3, -0.25) is 18.6 Å². The van der Waals surface area contributed by atoms with Crippen molar-refractivity contribution in [2.75, 3.05) is 26.4 Å². The lowest BCUT2D eigenvalue weighted by atomic mass is 10.1. The molecule has 0 heterocycles. The number of unbranched alkanes of at least 4 members (excludes halogenated alkanes) is 10. The fourth-order valence-electron chi connectivity index (χ4n) is 5.26. The third kappa shape index (κ3) is 42.4. The average molecular weight is 816 g/mol. The van der Waals surface area contributed by atoms with Gasteiger partial charge in [-0.25, -0.2) is 4.57 Å². The van der Waals surface area contributed by atoms with Gasteiger partial charge in [-0.05, 0) is 89.9 Å². The summed E-state index contributed by atoms with van der Waals surface area (Å²) in [7, 11) is -4.41. The summed E-state index contributed by atoms with van der Waals surface area (Å²) in [4.78, 5) is 34.8. The van der Waals surface area contributed by atoms with Crippen molar-refractivity contribution in [2.24, 2.45) is 5.73 Å². The standard InChI is InChI=1S/C47H78NO8P/c1-3-5-7-9-11-13-15-17-19-20-21-22-23-24-26-27-29-31-33-35-37-39-46(49)53-43-45(44-55-57(51,52)54-42-41-48)56-47(50)40-38-36-34-32-30-28-25-18-16-14-12-10-8-6-4-2/h6,8,12,14,18-20,22-23,25-27,30-33,45H,3-5,7,9-11,13,15-17,21,24,28-29,34-44,48H2,1-2H3,(H,51,52)/b8-6+,14-12+,20-19+,23-22+,25-18+,27-26+,32-30+,33-31+/t45-/m0/s1. The monoisotopic (exact) mass is 816 g/mol. The highest BCUT2D eigenvalue weighted by Crippen LogP contribution is 2.43. The summed E-state index contributed by atoms with van der Waals surface area (Å²) >= 11 is 0. The first kappa shape index (κ1) is 53.9. The molecule has 57 heavy (non-hydrogen) atoms. The Labute approximate surface area is 346 Å². The van der Waals surface area contributed by atoms with Crippen LogP contribution < -0.4 is 5.73 Å². The third-order valence-corrected chi connectivity index (χ3v) is 9.44. The minimum atomic E-state index is -4.41. The Morgan fingerprint density at radius 2 is 0.982 bits per heavy atom. The molecular weight excluding hydrogens is 737 g/mol. The number of nitrogens with two attached hydrogens (primary N) is 1. The predicted molar refractivity (Wildman–Crippen MR) is 238 cm³/mol. The average Bonchev–Trinajstić information content (AvgIpc) is 3.20. The van der Waals surface area contributed by atoms with E-state index in [1.54, 1.807) is 0 Å². The normalized spacial score (nSPS) is 14.2. The van der Waals surface area contributed by atoms with Crippen LogP contribution in [0.2, 0.25) is 0 Å². The van der Waals surface area contributed by atoms with E-state index in [0.717, 1.165) is 64.2 Å². The van der Waals surface area contributed by atoms with Crippen LogP contribution in [0.4, 0.5) is 0 Å². The van der Waals surface area contributed by atoms with E-state index >= 15 is 0 Å². The molecule has 0 aliphatic rings. The van der Waals surface area contributed by atoms with Crippen molar-refractivity contribution in [2.45, 2.75) is 161 Å². The lowest BCUT2D eigenvalue weighted by molar-refractivity contribution is -0.161. The molecule has 0 aromatic rings. The van der Waals surface area contributed by atoms with E-state index in [1.165, 1.54) is 51.4 Å². The van der Waals surface area contributed by atoms with Crippen molar-refractivity contribution in [3.05, 3.63) is 97.2 Å². The van der Waals surface area contributed by atoms with E-state index in [1.807, 2.05) is 6.08 Å². The van der Waals surface area contributed by atoms with Gasteiger partial charge in [0.1, 0.15) is 6.61 Å². The fraction of sp³-hybridized carbons (Fsp3) is 0.617. The molecule has 0 bridgehead atoms. The summed E-state index contributed by atoms with van der Waals surface area (Å²) in [6.07, 6.45) is 54.6. The molecule has 0 aromatic carbocycles. The molecule has 324 valence electrons. The Morgan fingerprint density at radius 3 is 1.49 bits per heavy atom. The fourth-order valence-corrected chi connectivity index (χ4v) is 6.03. The van der Waals surface area contributed by atoms with Crippen molar-refractivity contribution in [1.82, 2.24) is 0 Å². The zero-order valence-electron chi connectivity index (χ0n) is 35.5. The van der Waals surface area contributed by atoms with Crippen molar-refractivity contribution >= 4 is 19.8 Å². The van der Waals surface area contributed by atoms with Crippen LogP contribution in [0.3, 0.4) is 0 Å². The van der Waals surface area contributed by atoms with Crippen LogP contribution in [-0.4, -0.2) is 49.3 Å². The minimum absolute atomic E-state index is 0.0338. The number of carbonyl (C=O) groups is 2. The van der Waals surface area contributed by atoms with Crippen LogP contribution in [0.1, 0.15) is 155 Å². The van der Waals surface area contributed by atoms with E-state index < -0.39 is 32.5 Å². The van der Waals surface area contributed by atoms with Gasteiger partial charge in [0, 0.05) is 19.4 Å². The van der Waals surface area contributed by atoms with Crippen molar-refractivity contribution in [3.63, 3.8) is 0 Å². The third-order valence-electron chi connectivity index (χ3n) is 8.45. The smallest absolute Gasteiger partial charge is 0.462 e. The first-order chi connectivity index (χ1) is 27.8. The van der Waals surface area contributed by atoms with Gasteiger partial charge in [0.05, 0.1) is 13.2 Å². The largest absolute Gasteiger partial charge is 0.472 e. The van der Waals surface area contributed by atoms with Crippen molar-refractivity contribution < 1.29 is 37.6 Å². The van der Waals surface area contributed by atoms with Gasteiger partial charge >= 0.3 is 19.8 Å². The number of carbonyl (C=O) groups excluding carboxylic acids is 2.